The van der Waals surface area contributed by atoms with E-state index < -0.39 is 11.6 Å². The highest BCUT2D eigenvalue weighted by Crippen LogP contribution is 1.99. The fourth-order valence-corrected chi connectivity index (χ4v) is 0.793. The lowest BCUT2D eigenvalue weighted by Gasteiger charge is -1.93. The molecule has 0 aliphatic carbocycles. The van der Waals surface area contributed by atoms with Gasteiger partial charge < -0.3 is 5.48 Å². The number of carbonyl (C=O) groups excluding carboxylic acids is 2. The number of hydrogen-bond acceptors (Lipinski definition) is 2. The minimum atomic E-state index is -0.425. The SMILES string of the molecule is CC(=O)C(=O)c1ccccc1.O. The molecule has 0 saturated carbocycles. The van der Waals surface area contributed by atoms with Gasteiger partial charge in [-0.05, 0) is 0 Å². The Bertz CT molecular complexity index is 277. The molecule has 0 fully saturated rings. The van der Waals surface area contributed by atoms with Crippen LogP contribution in [0.25, 0.3) is 0 Å². The molecular formula is C9H10O3. The molecule has 64 valence electrons. The molecular weight excluding hydrogens is 156 g/mol. The third-order valence-corrected chi connectivity index (χ3v) is 1.36. The van der Waals surface area contributed by atoms with Gasteiger partial charge in [-0.25, -0.2) is 0 Å². The van der Waals surface area contributed by atoms with Crippen molar-refractivity contribution >= 4 is 11.6 Å². The molecule has 0 atom stereocenters. The second-order valence-electron chi connectivity index (χ2n) is 2.25. The van der Waals surface area contributed by atoms with Crippen LogP contribution >= 0.6 is 0 Å². The van der Waals surface area contributed by atoms with Crippen molar-refractivity contribution in [2.75, 3.05) is 0 Å². The van der Waals surface area contributed by atoms with Gasteiger partial charge in [0.15, 0.2) is 5.78 Å². The highest BCUT2D eigenvalue weighted by atomic mass is 16.2. The number of carbonyl (C=O) groups is 2. The van der Waals surface area contributed by atoms with E-state index in [9.17, 15) is 9.59 Å². The summed E-state index contributed by atoms with van der Waals surface area (Å²) in [4.78, 5) is 21.6. The van der Waals surface area contributed by atoms with Crippen LogP contribution in [-0.2, 0) is 4.79 Å². The molecule has 12 heavy (non-hydrogen) atoms. The van der Waals surface area contributed by atoms with Crippen molar-refractivity contribution in [1.29, 1.82) is 0 Å². The first-order valence-corrected chi connectivity index (χ1v) is 3.32. The Labute approximate surface area is 70.3 Å². The Hall–Kier alpha value is -1.48. The molecule has 0 heterocycles. The van der Waals surface area contributed by atoms with Gasteiger partial charge in [0.1, 0.15) is 0 Å². The highest BCUT2D eigenvalue weighted by molar-refractivity contribution is 6.42. The standard InChI is InChI=1S/C9H8O2.H2O/c1-7(10)9(11)8-5-3-2-4-6-8;/h2-6H,1H3;1H2. The maximum absolute atomic E-state index is 11.0. The van der Waals surface area contributed by atoms with Crippen LogP contribution in [-0.4, -0.2) is 17.0 Å². The summed E-state index contributed by atoms with van der Waals surface area (Å²) in [5.74, 6) is -0.846. The van der Waals surface area contributed by atoms with Crippen molar-refractivity contribution in [2.45, 2.75) is 6.92 Å². The van der Waals surface area contributed by atoms with Crippen LogP contribution in [0.5, 0.6) is 0 Å². The van der Waals surface area contributed by atoms with Crippen molar-refractivity contribution in [3.05, 3.63) is 35.9 Å². The van der Waals surface area contributed by atoms with Crippen molar-refractivity contribution in [3.63, 3.8) is 0 Å². The van der Waals surface area contributed by atoms with E-state index in [4.69, 9.17) is 0 Å². The van der Waals surface area contributed by atoms with Gasteiger partial charge in [-0.15, -0.1) is 0 Å². The Kier molecular flexibility index (Phi) is 3.86. The van der Waals surface area contributed by atoms with Crippen LogP contribution in [0.3, 0.4) is 0 Å². The monoisotopic (exact) mass is 166 g/mol. The maximum Gasteiger partial charge on any atom is 0.228 e. The van der Waals surface area contributed by atoms with Gasteiger partial charge in [0.05, 0.1) is 0 Å². The van der Waals surface area contributed by atoms with Crippen LogP contribution in [0, 0.1) is 0 Å². The summed E-state index contributed by atoms with van der Waals surface area (Å²) in [6.07, 6.45) is 0. The zero-order chi connectivity index (χ0) is 8.27. The lowest BCUT2D eigenvalue weighted by atomic mass is 10.1. The van der Waals surface area contributed by atoms with Gasteiger partial charge >= 0.3 is 0 Å². The minimum absolute atomic E-state index is 0. The summed E-state index contributed by atoms with van der Waals surface area (Å²) < 4.78 is 0. The van der Waals surface area contributed by atoms with E-state index in [1.165, 1.54) is 6.92 Å². The van der Waals surface area contributed by atoms with Gasteiger partial charge in [-0.1, -0.05) is 30.3 Å². The lowest BCUT2D eigenvalue weighted by molar-refractivity contribution is -0.113. The molecule has 1 aromatic rings. The molecule has 1 aromatic carbocycles. The molecule has 0 saturated heterocycles. The third-order valence-electron chi connectivity index (χ3n) is 1.36. The molecule has 0 bridgehead atoms. The van der Waals surface area contributed by atoms with Gasteiger partial charge in [0.2, 0.25) is 5.78 Å². The predicted octanol–water partition coefficient (Wildman–Crippen LogP) is 0.634. The van der Waals surface area contributed by atoms with E-state index in [1.54, 1.807) is 30.3 Å². The minimum Gasteiger partial charge on any atom is -0.412 e. The predicted molar refractivity (Wildman–Crippen MR) is 45.1 cm³/mol. The van der Waals surface area contributed by atoms with E-state index in [1.807, 2.05) is 0 Å². The topological polar surface area (TPSA) is 65.6 Å². The fourth-order valence-electron chi connectivity index (χ4n) is 0.793. The number of hydrogen-bond donors (Lipinski definition) is 0. The van der Waals surface area contributed by atoms with Crippen LogP contribution in [0.4, 0.5) is 0 Å². The molecule has 2 N–H and O–H groups in total. The molecule has 3 nitrogen and oxygen atoms in total. The number of rotatable bonds is 2. The van der Waals surface area contributed by atoms with Gasteiger partial charge in [0.25, 0.3) is 0 Å². The third kappa shape index (κ3) is 2.29. The molecule has 0 unspecified atom stereocenters. The van der Waals surface area contributed by atoms with Gasteiger partial charge in [0, 0.05) is 12.5 Å². The number of ketones is 2. The van der Waals surface area contributed by atoms with E-state index in [0.29, 0.717) is 5.56 Å². The van der Waals surface area contributed by atoms with Crippen LogP contribution < -0.4 is 0 Å². The van der Waals surface area contributed by atoms with Gasteiger partial charge in [-0.3, -0.25) is 9.59 Å². The zero-order valence-corrected chi connectivity index (χ0v) is 6.70. The van der Waals surface area contributed by atoms with Crippen molar-refractivity contribution < 1.29 is 15.1 Å². The Balaban J connectivity index is 0.00000121. The summed E-state index contributed by atoms with van der Waals surface area (Å²) in [5, 5.41) is 0. The summed E-state index contributed by atoms with van der Waals surface area (Å²) in [6.45, 7) is 1.27. The van der Waals surface area contributed by atoms with Crippen molar-refractivity contribution in [1.82, 2.24) is 0 Å². The second-order valence-corrected chi connectivity index (χ2v) is 2.25. The Morgan fingerprint density at radius 3 is 2.00 bits per heavy atom. The largest absolute Gasteiger partial charge is 0.412 e. The molecule has 0 aliphatic rings. The fraction of sp³-hybridized carbons (Fsp3) is 0.111. The molecule has 0 radical (unpaired) electrons. The van der Waals surface area contributed by atoms with E-state index in [2.05, 4.69) is 0 Å². The van der Waals surface area contributed by atoms with Gasteiger partial charge in [-0.2, -0.15) is 0 Å². The lowest BCUT2D eigenvalue weighted by Crippen LogP contribution is -2.08. The van der Waals surface area contributed by atoms with E-state index >= 15 is 0 Å². The highest BCUT2D eigenvalue weighted by Gasteiger charge is 2.08. The molecule has 0 aliphatic heterocycles. The average Bonchev–Trinajstić information content (AvgIpc) is 2.05. The summed E-state index contributed by atoms with van der Waals surface area (Å²) >= 11 is 0. The molecule has 0 aromatic heterocycles. The van der Waals surface area contributed by atoms with Crippen LogP contribution in [0.2, 0.25) is 0 Å². The molecule has 0 amide bonds. The van der Waals surface area contributed by atoms with Crippen LogP contribution in [0.1, 0.15) is 17.3 Å². The first-order chi connectivity index (χ1) is 5.22. The Morgan fingerprint density at radius 2 is 1.58 bits per heavy atom. The molecule has 0 spiro atoms. The summed E-state index contributed by atoms with van der Waals surface area (Å²) in [6, 6.07) is 8.52. The first-order valence-electron chi connectivity index (χ1n) is 3.32. The van der Waals surface area contributed by atoms with Crippen LogP contribution in [0.15, 0.2) is 30.3 Å². The summed E-state index contributed by atoms with van der Waals surface area (Å²) in [7, 11) is 0. The number of benzene rings is 1. The Morgan fingerprint density at radius 1 is 1.08 bits per heavy atom. The molecule has 3 heteroatoms. The smallest absolute Gasteiger partial charge is 0.228 e. The second kappa shape index (κ2) is 4.41. The normalized spacial score (nSPS) is 8.42. The zero-order valence-electron chi connectivity index (χ0n) is 6.70. The average molecular weight is 166 g/mol. The summed E-state index contributed by atoms with van der Waals surface area (Å²) in [5.41, 5.74) is 0.458. The first kappa shape index (κ1) is 10.5. The molecule has 1 rings (SSSR count). The van der Waals surface area contributed by atoms with E-state index in [0.717, 1.165) is 0 Å². The number of Topliss-reactive ketones (excluding diaryl/α,β-unsaturated/α-hetero) is 2. The maximum atomic E-state index is 11.0. The quantitative estimate of drug-likeness (QED) is 0.477. The van der Waals surface area contributed by atoms with E-state index in [-0.39, 0.29) is 5.48 Å². The van der Waals surface area contributed by atoms with Crippen molar-refractivity contribution in [2.24, 2.45) is 0 Å². The van der Waals surface area contributed by atoms with Crippen molar-refractivity contribution in [3.8, 4) is 0 Å².